The SMILES string of the molecule is C=CCN(CC=C)c1cccnc1N=N. The van der Waals surface area contributed by atoms with E-state index >= 15 is 0 Å². The number of hydrogen-bond donors (Lipinski definition) is 1. The molecule has 0 aromatic carbocycles. The Hall–Kier alpha value is -1.97. The molecule has 0 bridgehead atoms. The maximum atomic E-state index is 7.03. The topological polar surface area (TPSA) is 52.3 Å². The molecule has 1 aromatic heterocycles. The summed E-state index contributed by atoms with van der Waals surface area (Å²) in [6, 6.07) is 3.70. The molecule has 0 radical (unpaired) electrons. The Balaban J connectivity index is 3.02. The standard InChI is InChI=1S/C11H14N4/c1-3-8-15(9-4-2)10-6-5-7-13-11(10)14-12/h3-7,12H,1-2,8-9H2. The molecule has 4 nitrogen and oxygen atoms in total. The molecule has 1 heterocycles. The molecule has 1 rings (SSSR count). The molecule has 0 saturated heterocycles. The highest BCUT2D eigenvalue weighted by Gasteiger charge is 2.08. The van der Waals surface area contributed by atoms with Crippen molar-refractivity contribution in [2.45, 2.75) is 0 Å². The fraction of sp³-hybridized carbons (Fsp3) is 0.182. The van der Waals surface area contributed by atoms with Crippen molar-refractivity contribution in [2.75, 3.05) is 18.0 Å². The summed E-state index contributed by atoms with van der Waals surface area (Å²) in [6.45, 7) is 8.74. The molecule has 78 valence electrons. The lowest BCUT2D eigenvalue weighted by Gasteiger charge is -2.21. The maximum Gasteiger partial charge on any atom is 0.197 e. The number of nitrogens with zero attached hydrogens (tertiary/aromatic N) is 3. The van der Waals surface area contributed by atoms with Gasteiger partial charge in [-0.05, 0) is 12.1 Å². The molecule has 0 spiro atoms. The van der Waals surface area contributed by atoms with Gasteiger partial charge in [0.2, 0.25) is 0 Å². The first kappa shape index (κ1) is 11.1. The fourth-order valence-corrected chi connectivity index (χ4v) is 1.30. The van der Waals surface area contributed by atoms with Gasteiger partial charge in [-0.2, -0.15) is 0 Å². The Morgan fingerprint density at radius 2 is 2.07 bits per heavy atom. The summed E-state index contributed by atoms with van der Waals surface area (Å²) >= 11 is 0. The van der Waals surface area contributed by atoms with Crippen LogP contribution in [-0.4, -0.2) is 18.1 Å². The van der Waals surface area contributed by atoms with Crippen LogP contribution in [0.3, 0.4) is 0 Å². The number of aromatic nitrogens is 1. The zero-order valence-corrected chi connectivity index (χ0v) is 8.56. The third-order valence-corrected chi connectivity index (χ3v) is 1.91. The molecule has 0 unspecified atom stereocenters. The van der Waals surface area contributed by atoms with Crippen molar-refractivity contribution < 1.29 is 0 Å². The minimum absolute atomic E-state index is 0.418. The molecule has 1 aromatic rings. The summed E-state index contributed by atoms with van der Waals surface area (Å²) in [6.07, 6.45) is 5.21. The normalized spacial score (nSPS) is 9.33. The average Bonchev–Trinajstić information content (AvgIpc) is 2.29. The minimum Gasteiger partial charge on any atom is -0.361 e. The van der Waals surface area contributed by atoms with E-state index in [9.17, 15) is 0 Å². The second-order valence-electron chi connectivity index (χ2n) is 2.94. The van der Waals surface area contributed by atoms with E-state index in [1.54, 1.807) is 18.3 Å². The molecular formula is C11H14N4. The van der Waals surface area contributed by atoms with Crippen molar-refractivity contribution in [3.8, 4) is 0 Å². The first-order valence-electron chi connectivity index (χ1n) is 4.62. The number of anilines is 1. The zero-order valence-electron chi connectivity index (χ0n) is 8.56. The summed E-state index contributed by atoms with van der Waals surface area (Å²) in [5.41, 5.74) is 7.85. The molecule has 0 aliphatic carbocycles. The van der Waals surface area contributed by atoms with E-state index in [0.29, 0.717) is 18.9 Å². The van der Waals surface area contributed by atoms with E-state index in [1.165, 1.54) is 0 Å². The Morgan fingerprint density at radius 1 is 1.40 bits per heavy atom. The number of pyridine rings is 1. The van der Waals surface area contributed by atoms with Crippen LogP contribution in [0.15, 0.2) is 48.8 Å². The lowest BCUT2D eigenvalue weighted by Crippen LogP contribution is -2.23. The van der Waals surface area contributed by atoms with Gasteiger partial charge >= 0.3 is 0 Å². The summed E-state index contributed by atoms with van der Waals surface area (Å²) in [5.74, 6) is 0.418. The van der Waals surface area contributed by atoms with E-state index in [2.05, 4.69) is 23.3 Å². The van der Waals surface area contributed by atoms with Crippen LogP contribution in [0.25, 0.3) is 0 Å². The van der Waals surface area contributed by atoms with Crippen molar-refractivity contribution in [3.63, 3.8) is 0 Å². The van der Waals surface area contributed by atoms with Crippen molar-refractivity contribution >= 4 is 11.5 Å². The summed E-state index contributed by atoms with van der Waals surface area (Å²) < 4.78 is 0. The van der Waals surface area contributed by atoms with Gasteiger partial charge in [-0.15, -0.1) is 18.3 Å². The predicted octanol–water partition coefficient (Wildman–Crippen LogP) is 2.92. The van der Waals surface area contributed by atoms with Gasteiger partial charge in [-0.25, -0.2) is 10.5 Å². The monoisotopic (exact) mass is 202 g/mol. The van der Waals surface area contributed by atoms with Gasteiger partial charge in [0, 0.05) is 19.3 Å². The van der Waals surface area contributed by atoms with Crippen LogP contribution >= 0.6 is 0 Å². The van der Waals surface area contributed by atoms with Crippen molar-refractivity contribution in [1.29, 1.82) is 5.53 Å². The molecule has 0 saturated carbocycles. The van der Waals surface area contributed by atoms with E-state index < -0.39 is 0 Å². The Bertz CT molecular complexity index is 349. The molecule has 0 amide bonds. The minimum atomic E-state index is 0.418. The number of nitrogens with one attached hydrogen (secondary N) is 1. The van der Waals surface area contributed by atoms with Gasteiger partial charge in [0.05, 0.1) is 5.69 Å². The second-order valence-corrected chi connectivity index (χ2v) is 2.94. The van der Waals surface area contributed by atoms with E-state index in [0.717, 1.165) is 5.69 Å². The number of hydrogen-bond acceptors (Lipinski definition) is 4. The largest absolute Gasteiger partial charge is 0.361 e. The van der Waals surface area contributed by atoms with Crippen LogP contribution in [0, 0.1) is 5.53 Å². The van der Waals surface area contributed by atoms with Crippen LogP contribution in [0.2, 0.25) is 0 Å². The van der Waals surface area contributed by atoms with E-state index in [-0.39, 0.29) is 0 Å². The summed E-state index contributed by atoms with van der Waals surface area (Å²) in [7, 11) is 0. The highest BCUT2D eigenvalue weighted by molar-refractivity contribution is 5.62. The molecule has 15 heavy (non-hydrogen) atoms. The first-order chi connectivity index (χ1) is 7.33. The highest BCUT2D eigenvalue weighted by Crippen LogP contribution is 2.25. The summed E-state index contributed by atoms with van der Waals surface area (Å²) in [5, 5.41) is 3.38. The van der Waals surface area contributed by atoms with Gasteiger partial charge in [0.15, 0.2) is 5.82 Å². The molecule has 0 aliphatic rings. The average molecular weight is 202 g/mol. The van der Waals surface area contributed by atoms with Crippen molar-refractivity contribution in [3.05, 3.63) is 43.6 Å². The van der Waals surface area contributed by atoms with Gasteiger partial charge in [-0.3, -0.25) is 0 Å². The summed E-state index contributed by atoms with van der Waals surface area (Å²) in [4.78, 5) is 6.02. The predicted molar refractivity (Wildman–Crippen MR) is 61.7 cm³/mol. The lowest BCUT2D eigenvalue weighted by molar-refractivity contribution is 0.940. The zero-order chi connectivity index (χ0) is 11.1. The van der Waals surface area contributed by atoms with Gasteiger partial charge in [0.1, 0.15) is 0 Å². The molecule has 0 aliphatic heterocycles. The Kier molecular flexibility index (Phi) is 4.22. The Morgan fingerprint density at radius 3 is 2.60 bits per heavy atom. The van der Waals surface area contributed by atoms with E-state index in [1.807, 2.05) is 17.0 Å². The molecule has 0 atom stereocenters. The molecule has 4 heteroatoms. The molecular weight excluding hydrogens is 188 g/mol. The Labute approximate surface area is 89.5 Å². The first-order valence-corrected chi connectivity index (χ1v) is 4.62. The van der Waals surface area contributed by atoms with Crippen LogP contribution in [-0.2, 0) is 0 Å². The van der Waals surface area contributed by atoms with Crippen LogP contribution in [0.1, 0.15) is 0 Å². The smallest absolute Gasteiger partial charge is 0.197 e. The quantitative estimate of drug-likeness (QED) is 0.569. The van der Waals surface area contributed by atoms with E-state index in [4.69, 9.17) is 5.53 Å². The van der Waals surface area contributed by atoms with Crippen LogP contribution in [0.4, 0.5) is 11.5 Å². The highest BCUT2D eigenvalue weighted by atomic mass is 15.2. The molecule has 1 N–H and O–H groups in total. The number of rotatable bonds is 6. The van der Waals surface area contributed by atoms with Crippen LogP contribution in [0.5, 0.6) is 0 Å². The maximum absolute atomic E-state index is 7.03. The lowest BCUT2D eigenvalue weighted by atomic mass is 10.3. The fourth-order valence-electron chi connectivity index (χ4n) is 1.30. The van der Waals surface area contributed by atoms with Crippen molar-refractivity contribution in [2.24, 2.45) is 5.11 Å². The van der Waals surface area contributed by atoms with Gasteiger partial charge in [0.25, 0.3) is 0 Å². The van der Waals surface area contributed by atoms with Crippen molar-refractivity contribution in [1.82, 2.24) is 4.98 Å². The third kappa shape index (κ3) is 2.74. The van der Waals surface area contributed by atoms with Crippen LogP contribution < -0.4 is 4.90 Å². The van der Waals surface area contributed by atoms with Gasteiger partial charge in [-0.1, -0.05) is 12.2 Å². The molecule has 0 fully saturated rings. The third-order valence-electron chi connectivity index (χ3n) is 1.91. The van der Waals surface area contributed by atoms with Gasteiger partial charge < -0.3 is 4.90 Å². The second kappa shape index (κ2) is 5.70.